The predicted molar refractivity (Wildman–Crippen MR) is 94.4 cm³/mol. The van der Waals surface area contributed by atoms with Gasteiger partial charge in [-0.15, -0.1) is 5.10 Å². The van der Waals surface area contributed by atoms with Gasteiger partial charge in [0.15, 0.2) is 5.82 Å². The molecule has 1 N–H and O–H groups in total. The normalized spacial score (nSPS) is 16.5. The highest BCUT2D eigenvalue weighted by molar-refractivity contribution is 5.56. The van der Waals surface area contributed by atoms with Crippen LogP contribution in [0.2, 0.25) is 0 Å². The van der Waals surface area contributed by atoms with E-state index in [-0.39, 0.29) is 11.7 Å². The van der Waals surface area contributed by atoms with Crippen LogP contribution in [-0.4, -0.2) is 50.7 Å². The molecule has 1 aliphatic rings. The van der Waals surface area contributed by atoms with Crippen LogP contribution in [0, 0.1) is 0 Å². The zero-order valence-electron chi connectivity index (χ0n) is 14.2. The van der Waals surface area contributed by atoms with E-state index in [4.69, 9.17) is 4.74 Å². The summed E-state index contributed by atoms with van der Waals surface area (Å²) in [7, 11) is 2.12. The van der Waals surface area contributed by atoms with Gasteiger partial charge in [0, 0.05) is 30.4 Å². The van der Waals surface area contributed by atoms with E-state index >= 15 is 0 Å². The molecule has 3 aromatic rings. The molecule has 0 atom stereocenters. The molecule has 1 saturated heterocycles. The Kier molecular flexibility index (Phi) is 4.33. The van der Waals surface area contributed by atoms with E-state index in [0.29, 0.717) is 18.2 Å². The van der Waals surface area contributed by atoms with Gasteiger partial charge in [-0.25, -0.2) is 0 Å². The zero-order valence-corrected chi connectivity index (χ0v) is 14.2. The Morgan fingerprint density at radius 3 is 2.76 bits per heavy atom. The molecule has 0 aliphatic carbocycles. The van der Waals surface area contributed by atoms with Crippen molar-refractivity contribution < 1.29 is 4.74 Å². The SMILES string of the molecule is CN1CCC(OCc2cc(=O)n3nc(-c4ccccc4)nc3[nH]2)CC1. The van der Waals surface area contributed by atoms with Crippen molar-refractivity contribution in [3.05, 3.63) is 52.4 Å². The molecule has 4 rings (SSSR count). The number of piperidine rings is 1. The second-order valence-electron chi connectivity index (χ2n) is 6.48. The van der Waals surface area contributed by atoms with E-state index in [1.54, 1.807) is 0 Å². The fraction of sp³-hybridized carbons (Fsp3) is 0.389. The summed E-state index contributed by atoms with van der Waals surface area (Å²) in [5.74, 6) is 0.968. The summed E-state index contributed by atoms with van der Waals surface area (Å²) in [6.07, 6.45) is 2.28. The third-order valence-electron chi connectivity index (χ3n) is 4.56. The van der Waals surface area contributed by atoms with Gasteiger partial charge in [-0.1, -0.05) is 30.3 Å². The number of nitrogens with one attached hydrogen (secondary N) is 1. The average molecular weight is 339 g/mol. The van der Waals surface area contributed by atoms with Crippen molar-refractivity contribution in [2.24, 2.45) is 0 Å². The lowest BCUT2D eigenvalue weighted by atomic mass is 10.1. The summed E-state index contributed by atoms with van der Waals surface area (Å²) in [4.78, 5) is 22.2. The molecule has 7 heteroatoms. The van der Waals surface area contributed by atoms with E-state index < -0.39 is 0 Å². The number of ether oxygens (including phenoxy) is 1. The number of aromatic nitrogens is 4. The van der Waals surface area contributed by atoms with Crippen LogP contribution in [0.1, 0.15) is 18.5 Å². The summed E-state index contributed by atoms with van der Waals surface area (Å²) in [5.41, 5.74) is 1.40. The number of aromatic amines is 1. The van der Waals surface area contributed by atoms with Crippen LogP contribution in [0.15, 0.2) is 41.2 Å². The smallest absolute Gasteiger partial charge is 0.275 e. The Labute approximate surface area is 145 Å². The minimum absolute atomic E-state index is 0.203. The van der Waals surface area contributed by atoms with Crippen molar-refractivity contribution in [3.63, 3.8) is 0 Å². The molecule has 2 aromatic heterocycles. The van der Waals surface area contributed by atoms with Gasteiger partial charge in [-0.2, -0.15) is 9.50 Å². The monoisotopic (exact) mass is 339 g/mol. The van der Waals surface area contributed by atoms with Crippen LogP contribution in [0.4, 0.5) is 0 Å². The minimum Gasteiger partial charge on any atom is -0.372 e. The number of nitrogens with zero attached hydrogens (tertiary/aromatic N) is 4. The summed E-state index contributed by atoms with van der Waals surface area (Å²) >= 11 is 0. The van der Waals surface area contributed by atoms with Crippen LogP contribution in [0.3, 0.4) is 0 Å². The first-order chi connectivity index (χ1) is 12.2. The fourth-order valence-electron chi connectivity index (χ4n) is 3.08. The van der Waals surface area contributed by atoms with Gasteiger partial charge in [-0.3, -0.25) is 4.79 Å². The molecule has 0 spiro atoms. The highest BCUT2D eigenvalue weighted by atomic mass is 16.5. The van der Waals surface area contributed by atoms with Crippen molar-refractivity contribution in [2.45, 2.75) is 25.6 Å². The molecule has 1 aliphatic heterocycles. The quantitative estimate of drug-likeness (QED) is 0.783. The van der Waals surface area contributed by atoms with Crippen molar-refractivity contribution in [3.8, 4) is 11.4 Å². The van der Waals surface area contributed by atoms with Gasteiger partial charge in [0.1, 0.15) is 0 Å². The fourth-order valence-corrected chi connectivity index (χ4v) is 3.08. The lowest BCUT2D eigenvalue weighted by molar-refractivity contribution is 0.000747. The topological polar surface area (TPSA) is 75.5 Å². The second kappa shape index (κ2) is 6.78. The number of hydrogen-bond donors (Lipinski definition) is 1. The molecule has 25 heavy (non-hydrogen) atoms. The van der Waals surface area contributed by atoms with Gasteiger partial charge in [0.05, 0.1) is 12.7 Å². The van der Waals surface area contributed by atoms with Crippen molar-refractivity contribution in [1.29, 1.82) is 0 Å². The largest absolute Gasteiger partial charge is 0.372 e. The zero-order chi connectivity index (χ0) is 17.2. The third kappa shape index (κ3) is 3.47. The summed E-state index contributed by atoms with van der Waals surface area (Å²) in [6.45, 7) is 2.48. The molecule has 130 valence electrons. The van der Waals surface area contributed by atoms with Gasteiger partial charge in [-0.05, 0) is 19.9 Å². The molecule has 0 bridgehead atoms. The number of hydrogen-bond acceptors (Lipinski definition) is 5. The van der Waals surface area contributed by atoms with E-state index in [0.717, 1.165) is 37.2 Å². The lowest BCUT2D eigenvalue weighted by Gasteiger charge is -2.28. The first kappa shape index (κ1) is 16.0. The summed E-state index contributed by atoms with van der Waals surface area (Å²) in [6, 6.07) is 11.1. The average Bonchev–Trinajstić information content (AvgIpc) is 3.07. The van der Waals surface area contributed by atoms with Gasteiger partial charge >= 0.3 is 0 Å². The van der Waals surface area contributed by atoms with Crippen molar-refractivity contribution >= 4 is 5.78 Å². The van der Waals surface area contributed by atoms with Crippen molar-refractivity contribution in [2.75, 3.05) is 20.1 Å². The number of likely N-dealkylation sites (tertiary alicyclic amines) is 1. The van der Waals surface area contributed by atoms with E-state index in [1.807, 2.05) is 30.3 Å². The maximum Gasteiger partial charge on any atom is 0.275 e. The van der Waals surface area contributed by atoms with Gasteiger partial charge in [0.25, 0.3) is 5.56 Å². The molecule has 0 saturated carbocycles. The standard InChI is InChI=1S/C18H21N5O2/c1-22-9-7-15(8-10-22)25-12-14-11-16(24)23-18(19-14)20-17(21-23)13-5-3-2-4-6-13/h2-6,11,15H,7-10,12H2,1H3,(H,19,20,21). The Bertz CT molecular complexity index is 910. The number of rotatable bonds is 4. The van der Waals surface area contributed by atoms with Crippen LogP contribution in [0.5, 0.6) is 0 Å². The number of fused-ring (bicyclic) bond motifs is 1. The van der Waals surface area contributed by atoms with Gasteiger partial charge in [0.2, 0.25) is 5.78 Å². The van der Waals surface area contributed by atoms with Crippen molar-refractivity contribution in [1.82, 2.24) is 24.5 Å². The van der Waals surface area contributed by atoms with Crippen LogP contribution in [-0.2, 0) is 11.3 Å². The minimum atomic E-state index is -0.203. The highest BCUT2D eigenvalue weighted by Crippen LogP contribution is 2.15. The Morgan fingerprint density at radius 2 is 2.00 bits per heavy atom. The molecule has 0 unspecified atom stereocenters. The third-order valence-corrected chi connectivity index (χ3v) is 4.56. The number of benzene rings is 1. The first-order valence-corrected chi connectivity index (χ1v) is 8.53. The molecule has 1 aromatic carbocycles. The highest BCUT2D eigenvalue weighted by Gasteiger charge is 2.17. The van der Waals surface area contributed by atoms with Crippen LogP contribution < -0.4 is 5.56 Å². The maximum absolute atomic E-state index is 12.3. The van der Waals surface area contributed by atoms with E-state index in [2.05, 4.69) is 27.0 Å². The summed E-state index contributed by atoms with van der Waals surface area (Å²) < 4.78 is 7.25. The Morgan fingerprint density at radius 1 is 1.24 bits per heavy atom. The Hall–Kier alpha value is -2.51. The van der Waals surface area contributed by atoms with Gasteiger partial charge < -0.3 is 14.6 Å². The molecule has 1 fully saturated rings. The predicted octanol–water partition coefficient (Wildman–Crippen LogP) is 1.70. The molecule has 0 amide bonds. The number of H-pyrrole nitrogens is 1. The molecule has 7 nitrogen and oxygen atoms in total. The second-order valence-corrected chi connectivity index (χ2v) is 6.48. The van der Waals surface area contributed by atoms with Crippen LogP contribution in [0.25, 0.3) is 17.2 Å². The first-order valence-electron chi connectivity index (χ1n) is 8.53. The maximum atomic E-state index is 12.3. The lowest BCUT2D eigenvalue weighted by Crippen LogP contribution is -2.34. The molecular formula is C18H21N5O2. The Balaban J connectivity index is 1.54. The van der Waals surface area contributed by atoms with E-state index in [1.165, 1.54) is 10.6 Å². The van der Waals surface area contributed by atoms with E-state index in [9.17, 15) is 4.79 Å². The summed E-state index contributed by atoms with van der Waals surface area (Å²) in [5, 5.41) is 4.30. The molecular weight excluding hydrogens is 318 g/mol. The molecule has 3 heterocycles. The molecule has 0 radical (unpaired) electrons. The van der Waals surface area contributed by atoms with Crippen LogP contribution >= 0.6 is 0 Å².